The average Bonchev–Trinajstić information content (AvgIpc) is 2.53. The van der Waals surface area contributed by atoms with Crippen LogP contribution in [-0.2, 0) is 11.2 Å². The molecule has 1 amide bonds. The van der Waals surface area contributed by atoms with Crippen molar-refractivity contribution in [3.05, 3.63) is 59.2 Å². The number of nitrogens with one attached hydrogen (secondary N) is 1. The van der Waals surface area contributed by atoms with Crippen molar-refractivity contribution in [2.45, 2.75) is 17.7 Å². The number of halogens is 1. The van der Waals surface area contributed by atoms with Crippen molar-refractivity contribution in [3.8, 4) is 5.75 Å². The van der Waals surface area contributed by atoms with Crippen LogP contribution in [0, 0.1) is 0 Å². The first-order chi connectivity index (χ1) is 10.2. The van der Waals surface area contributed by atoms with Gasteiger partial charge in [0.2, 0.25) is 5.91 Å². The second-order valence-corrected chi connectivity index (χ2v) is 6.02. The van der Waals surface area contributed by atoms with Crippen molar-refractivity contribution < 1.29 is 9.53 Å². The largest absolute Gasteiger partial charge is 0.497 e. The second-order valence-electron chi connectivity index (χ2n) is 5.10. The molecule has 0 saturated heterocycles. The van der Waals surface area contributed by atoms with Gasteiger partial charge >= 0.3 is 0 Å². The summed E-state index contributed by atoms with van der Waals surface area (Å²) in [6, 6.07) is 14.2. The van der Waals surface area contributed by atoms with Crippen LogP contribution in [0.3, 0.4) is 0 Å². The summed E-state index contributed by atoms with van der Waals surface area (Å²) >= 11 is 3.73. The van der Waals surface area contributed by atoms with Gasteiger partial charge in [0.05, 0.1) is 11.9 Å². The lowest BCUT2D eigenvalue weighted by molar-refractivity contribution is -0.116. The molecule has 1 aliphatic heterocycles. The van der Waals surface area contributed by atoms with Gasteiger partial charge in [-0.1, -0.05) is 40.2 Å². The molecule has 0 radical (unpaired) electrons. The number of methoxy groups -OCH3 is 1. The van der Waals surface area contributed by atoms with E-state index in [1.807, 2.05) is 24.3 Å². The molecule has 0 saturated carbocycles. The highest BCUT2D eigenvalue weighted by Gasteiger charge is 2.17. The number of anilines is 1. The van der Waals surface area contributed by atoms with Crippen molar-refractivity contribution >= 4 is 27.5 Å². The van der Waals surface area contributed by atoms with Crippen LogP contribution in [0.15, 0.2) is 42.5 Å². The van der Waals surface area contributed by atoms with Gasteiger partial charge in [-0.3, -0.25) is 4.79 Å². The number of carbonyl (C=O) groups excluding carboxylic acids is 1. The molecule has 3 nitrogen and oxygen atoms in total. The second kappa shape index (κ2) is 5.90. The van der Waals surface area contributed by atoms with Gasteiger partial charge in [0, 0.05) is 12.1 Å². The molecule has 0 aliphatic carbocycles. The molecule has 21 heavy (non-hydrogen) atoms. The molecule has 0 fully saturated rings. The summed E-state index contributed by atoms with van der Waals surface area (Å²) < 4.78 is 5.18. The maximum absolute atomic E-state index is 11.5. The third kappa shape index (κ3) is 2.95. The van der Waals surface area contributed by atoms with Crippen molar-refractivity contribution in [2.75, 3.05) is 12.4 Å². The number of carbonyl (C=O) groups is 1. The summed E-state index contributed by atoms with van der Waals surface area (Å²) in [6.07, 6.45) is 1.39. The third-order valence-electron chi connectivity index (χ3n) is 3.73. The maximum Gasteiger partial charge on any atom is 0.224 e. The van der Waals surface area contributed by atoms with E-state index in [0.29, 0.717) is 6.42 Å². The maximum atomic E-state index is 11.5. The summed E-state index contributed by atoms with van der Waals surface area (Å²) in [4.78, 5) is 11.6. The van der Waals surface area contributed by atoms with Crippen LogP contribution in [0.1, 0.15) is 27.9 Å². The standard InChI is InChI=1S/C17H16BrNO2/c1-21-14-7-4-12(5-8-14)17(18)13-3-2-11-6-9-16(20)19-15(11)10-13/h2-5,7-8,10,17H,6,9H2,1H3,(H,19,20). The van der Waals surface area contributed by atoms with Crippen LogP contribution in [0.25, 0.3) is 0 Å². The number of fused-ring (bicyclic) bond motifs is 1. The van der Waals surface area contributed by atoms with Crippen LogP contribution in [-0.4, -0.2) is 13.0 Å². The summed E-state index contributed by atoms with van der Waals surface area (Å²) in [6.45, 7) is 0. The van der Waals surface area contributed by atoms with Gasteiger partial charge in [0.25, 0.3) is 0 Å². The number of amides is 1. The van der Waals surface area contributed by atoms with Gasteiger partial charge < -0.3 is 10.1 Å². The Kier molecular flexibility index (Phi) is 3.97. The summed E-state index contributed by atoms with van der Waals surface area (Å²) in [5.41, 5.74) is 4.41. The lowest BCUT2D eigenvalue weighted by atomic mass is 9.97. The van der Waals surface area contributed by atoms with E-state index in [1.54, 1.807) is 7.11 Å². The normalized spacial score (nSPS) is 15.0. The van der Waals surface area contributed by atoms with Crippen LogP contribution < -0.4 is 10.1 Å². The molecule has 1 unspecified atom stereocenters. The molecule has 4 heteroatoms. The zero-order chi connectivity index (χ0) is 14.8. The Morgan fingerprint density at radius 2 is 1.81 bits per heavy atom. The Morgan fingerprint density at radius 1 is 1.10 bits per heavy atom. The molecule has 0 aromatic heterocycles. The molecular weight excluding hydrogens is 330 g/mol. The Balaban J connectivity index is 1.88. The fraction of sp³-hybridized carbons (Fsp3) is 0.235. The molecular formula is C17H16BrNO2. The van der Waals surface area contributed by atoms with Crippen molar-refractivity contribution in [1.29, 1.82) is 0 Å². The molecule has 1 aliphatic rings. The number of hydrogen-bond donors (Lipinski definition) is 1. The topological polar surface area (TPSA) is 38.3 Å². The number of ether oxygens (including phenoxy) is 1. The fourth-order valence-corrected chi connectivity index (χ4v) is 3.10. The van der Waals surface area contributed by atoms with Gasteiger partial charge in [0.1, 0.15) is 5.75 Å². The van der Waals surface area contributed by atoms with Gasteiger partial charge in [-0.25, -0.2) is 0 Å². The lowest BCUT2D eigenvalue weighted by Gasteiger charge is -2.19. The zero-order valence-corrected chi connectivity index (χ0v) is 13.3. The minimum atomic E-state index is 0.0903. The Labute approximate surface area is 132 Å². The van der Waals surface area contributed by atoms with Crippen LogP contribution in [0.2, 0.25) is 0 Å². The Morgan fingerprint density at radius 3 is 2.52 bits per heavy atom. The highest BCUT2D eigenvalue weighted by atomic mass is 79.9. The SMILES string of the molecule is COc1ccc(C(Br)c2ccc3c(c2)NC(=O)CC3)cc1. The van der Waals surface area contributed by atoms with E-state index >= 15 is 0 Å². The van der Waals surface area contributed by atoms with E-state index in [4.69, 9.17) is 4.74 Å². The van der Waals surface area contributed by atoms with E-state index in [0.717, 1.165) is 29.0 Å². The van der Waals surface area contributed by atoms with Crippen LogP contribution in [0.5, 0.6) is 5.75 Å². The number of alkyl halides is 1. The first-order valence-corrected chi connectivity index (χ1v) is 7.79. The quantitative estimate of drug-likeness (QED) is 0.851. The predicted molar refractivity (Wildman–Crippen MR) is 87.2 cm³/mol. The van der Waals surface area contributed by atoms with E-state index in [-0.39, 0.29) is 10.7 Å². The molecule has 2 aromatic rings. The number of benzene rings is 2. The van der Waals surface area contributed by atoms with E-state index < -0.39 is 0 Å². The highest BCUT2D eigenvalue weighted by Crippen LogP contribution is 2.35. The molecule has 0 bridgehead atoms. The predicted octanol–water partition coefficient (Wildman–Crippen LogP) is 4.06. The van der Waals surface area contributed by atoms with E-state index in [9.17, 15) is 4.79 Å². The van der Waals surface area contributed by atoms with Crippen molar-refractivity contribution in [1.82, 2.24) is 0 Å². The fourth-order valence-electron chi connectivity index (χ4n) is 2.51. The zero-order valence-electron chi connectivity index (χ0n) is 11.7. The number of rotatable bonds is 3. The first kappa shape index (κ1) is 14.1. The van der Waals surface area contributed by atoms with Gasteiger partial charge in [-0.2, -0.15) is 0 Å². The van der Waals surface area contributed by atoms with Crippen LogP contribution >= 0.6 is 15.9 Å². The number of hydrogen-bond acceptors (Lipinski definition) is 2. The Bertz CT molecular complexity index is 667. The van der Waals surface area contributed by atoms with Gasteiger partial charge in [-0.15, -0.1) is 0 Å². The minimum Gasteiger partial charge on any atom is -0.497 e. The average molecular weight is 346 g/mol. The molecule has 2 aromatic carbocycles. The van der Waals surface area contributed by atoms with Gasteiger partial charge in [-0.05, 0) is 41.3 Å². The molecule has 1 N–H and O–H groups in total. The first-order valence-electron chi connectivity index (χ1n) is 6.88. The molecule has 1 atom stereocenters. The number of aryl methyl sites for hydroxylation is 1. The lowest BCUT2D eigenvalue weighted by Crippen LogP contribution is -2.19. The highest BCUT2D eigenvalue weighted by molar-refractivity contribution is 9.09. The van der Waals surface area contributed by atoms with Crippen molar-refractivity contribution in [2.24, 2.45) is 0 Å². The van der Waals surface area contributed by atoms with Gasteiger partial charge in [0.15, 0.2) is 0 Å². The van der Waals surface area contributed by atoms with Crippen molar-refractivity contribution in [3.63, 3.8) is 0 Å². The smallest absolute Gasteiger partial charge is 0.224 e. The van der Waals surface area contributed by atoms with Crippen LogP contribution in [0.4, 0.5) is 5.69 Å². The van der Waals surface area contributed by atoms with E-state index in [1.165, 1.54) is 5.56 Å². The third-order valence-corrected chi connectivity index (χ3v) is 4.79. The summed E-state index contributed by atoms with van der Waals surface area (Å²) in [5, 5.41) is 2.95. The Hall–Kier alpha value is -1.81. The molecule has 0 spiro atoms. The summed E-state index contributed by atoms with van der Waals surface area (Å²) in [7, 11) is 1.66. The molecule has 108 valence electrons. The monoisotopic (exact) mass is 345 g/mol. The minimum absolute atomic E-state index is 0.0903. The summed E-state index contributed by atoms with van der Waals surface area (Å²) in [5.74, 6) is 0.936. The van der Waals surface area contributed by atoms with E-state index in [2.05, 4.69) is 39.4 Å². The molecule has 3 rings (SSSR count). The molecule has 1 heterocycles.